The Balaban J connectivity index is 1.47. The highest BCUT2D eigenvalue weighted by Crippen LogP contribution is 2.31. The molecule has 1 aromatic carbocycles. The topological polar surface area (TPSA) is 50.3 Å². The fourth-order valence-corrected chi connectivity index (χ4v) is 3.26. The zero-order valence-electron chi connectivity index (χ0n) is 13.9. The maximum atomic E-state index is 6.13. The lowest BCUT2D eigenvalue weighted by molar-refractivity contribution is 0.0667. The van der Waals surface area contributed by atoms with E-state index in [0.717, 1.165) is 50.5 Å². The van der Waals surface area contributed by atoms with E-state index in [9.17, 15) is 0 Å². The van der Waals surface area contributed by atoms with E-state index in [-0.39, 0.29) is 6.10 Å². The minimum Gasteiger partial charge on any atom is -0.383 e. The van der Waals surface area contributed by atoms with Crippen molar-refractivity contribution in [2.75, 3.05) is 37.0 Å². The van der Waals surface area contributed by atoms with Crippen LogP contribution in [-0.4, -0.2) is 42.8 Å². The Morgan fingerprint density at radius 3 is 2.92 bits per heavy atom. The number of aryl methyl sites for hydroxylation is 1. The van der Waals surface area contributed by atoms with Gasteiger partial charge in [0.05, 0.1) is 6.10 Å². The number of anilines is 2. The number of hydrogen-bond acceptors (Lipinski definition) is 5. The van der Waals surface area contributed by atoms with Gasteiger partial charge in [-0.15, -0.1) is 0 Å². The van der Waals surface area contributed by atoms with Crippen LogP contribution in [-0.2, 0) is 11.2 Å². The van der Waals surface area contributed by atoms with Crippen LogP contribution in [0.3, 0.4) is 0 Å². The Kier molecular flexibility index (Phi) is 5.88. The van der Waals surface area contributed by atoms with Crippen LogP contribution in [0.15, 0.2) is 36.7 Å². The van der Waals surface area contributed by atoms with Gasteiger partial charge in [0.1, 0.15) is 12.0 Å². The SMILES string of the molecule is CNc1c(Cl)ncnc1N1CCC(OCCCc2ccccc2)C1. The van der Waals surface area contributed by atoms with Gasteiger partial charge in [0.25, 0.3) is 0 Å². The summed E-state index contributed by atoms with van der Waals surface area (Å²) in [6.45, 7) is 2.55. The van der Waals surface area contributed by atoms with Crippen molar-refractivity contribution in [3.05, 3.63) is 47.4 Å². The molecule has 0 aliphatic carbocycles. The van der Waals surface area contributed by atoms with Crippen LogP contribution in [0.4, 0.5) is 11.5 Å². The molecular formula is C18H23ClN4O. The van der Waals surface area contributed by atoms with Crippen LogP contribution in [0.25, 0.3) is 0 Å². The van der Waals surface area contributed by atoms with E-state index in [0.29, 0.717) is 5.15 Å². The predicted octanol–water partition coefficient (Wildman–Crippen LogP) is 3.40. The molecule has 2 aromatic rings. The third kappa shape index (κ3) is 4.16. The van der Waals surface area contributed by atoms with E-state index < -0.39 is 0 Å². The summed E-state index contributed by atoms with van der Waals surface area (Å²) in [5.41, 5.74) is 2.15. The molecule has 5 nitrogen and oxygen atoms in total. The molecule has 1 unspecified atom stereocenters. The zero-order chi connectivity index (χ0) is 16.8. The standard InChI is InChI=1S/C18H23ClN4O/c1-20-16-17(19)21-13-22-18(16)23-10-9-15(12-23)24-11-5-8-14-6-3-2-4-7-14/h2-4,6-7,13,15,20H,5,8-12H2,1H3. The molecule has 0 bridgehead atoms. The van der Waals surface area contributed by atoms with Crippen LogP contribution in [0.5, 0.6) is 0 Å². The second-order valence-corrected chi connectivity index (χ2v) is 6.29. The van der Waals surface area contributed by atoms with Gasteiger partial charge in [-0.3, -0.25) is 0 Å². The molecule has 0 amide bonds. The molecule has 1 atom stereocenters. The molecule has 0 spiro atoms. The quantitative estimate of drug-likeness (QED) is 0.615. The first-order valence-corrected chi connectivity index (χ1v) is 8.74. The third-order valence-electron chi connectivity index (χ3n) is 4.28. The summed E-state index contributed by atoms with van der Waals surface area (Å²) in [4.78, 5) is 10.6. The van der Waals surface area contributed by atoms with Crippen molar-refractivity contribution >= 4 is 23.1 Å². The Morgan fingerprint density at radius 2 is 2.12 bits per heavy atom. The van der Waals surface area contributed by atoms with Crippen molar-refractivity contribution in [3.63, 3.8) is 0 Å². The monoisotopic (exact) mass is 346 g/mol. The van der Waals surface area contributed by atoms with Crippen molar-refractivity contribution < 1.29 is 4.74 Å². The molecular weight excluding hydrogens is 324 g/mol. The van der Waals surface area contributed by atoms with Crippen molar-refractivity contribution in [2.45, 2.75) is 25.4 Å². The van der Waals surface area contributed by atoms with E-state index in [2.05, 4.69) is 44.5 Å². The van der Waals surface area contributed by atoms with Crippen LogP contribution < -0.4 is 10.2 Å². The van der Waals surface area contributed by atoms with E-state index >= 15 is 0 Å². The Labute approximate surface area is 148 Å². The molecule has 1 fully saturated rings. The summed E-state index contributed by atoms with van der Waals surface area (Å²) in [5.74, 6) is 0.855. The Morgan fingerprint density at radius 1 is 1.29 bits per heavy atom. The molecule has 1 aliphatic rings. The van der Waals surface area contributed by atoms with Crippen LogP contribution >= 0.6 is 11.6 Å². The molecule has 24 heavy (non-hydrogen) atoms. The fourth-order valence-electron chi connectivity index (χ4n) is 3.04. The number of nitrogens with one attached hydrogen (secondary N) is 1. The number of halogens is 1. The van der Waals surface area contributed by atoms with E-state index in [1.165, 1.54) is 11.9 Å². The van der Waals surface area contributed by atoms with Crippen molar-refractivity contribution in [2.24, 2.45) is 0 Å². The van der Waals surface area contributed by atoms with Crippen LogP contribution in [0.2, 0.25) is 5.15 Å². The molecule has 1 N–H and O–H groups in total. The number of rotatable bonds is 7. The third-order valence-corrected chi connectivity index (χ3v) is 4.57. The lowest BCUT2D eigenvalue weighted by atomic mass is 10.1. The zero-order valence-corrected chi connectivity index (χ0v) is 14.7. The molecule has 1 aliphatic heterocycles. The van der Waals surface area contributed by atoms with Crippen molar-refractivity contribution in [1.29, 1.82) is 0 Å². The largest absolute Gasteiger partial charge is 0.383 e. The average Bonchev–Trinajstić information content (AvgIpc) is 3.08. The number of hydrogen-bond donors (Lipinski definition) is 1. The van der Waals surface area contributed by atoms with E-state index in [4.69, 9.17) is 16.3 Å². The molecule has 1 aromatic heterocycles. The maximum Gasteiger partial charge on any atom is 0.157 e. The molecule has 6 heteroatoms. The molecule has 0 radical (unpaired) electrons. The predicted molar refractivity (Wildman–Crippen MR) is 97.9 cm³/mol. The summed E-state index contributed by atoms with van der Waals surface area (Å²) < 4.78 is 6.04. The highest BCUT2D eigenvalue weighted by molar-refractivity contribution is 6.32. The molecule has 2 heterocycles. The fraction of sp³-hybridized carbons (Fsp3) is 0.444. The highest BCUT2D eigenvalue weighted by Gasteiger charge is 2.26. The van der Waals surface area contributed by atoms with Gasteiger partial charge in [-0.05, 0) is 24.8 Å². The number of nitrogens with zero attached hydrogens (tertiary/aromatic N) is 3. The summed E-state index contributed by atoms with van der Waals surface area (Å²) in [6, 6.07) is 10.5. The number of benzene rings is 1. The normalized spacial score (nSPS) is 17.2. The van der Waals surface area contributed by atoms with Gasteiger partial charge in [0, 0.05) is 26.7 Å². The van der Waals surface area contributed by atoms with Gasteiger partial charge in [-0.2, -0.15) is 0 Å². The Bertz CT molecular complexity index is 653. The second kappa shape index (κ2) is 8.31. The lowest BCUT2D eigenvalue weighted by Gasteiger charge is -2.20. The maximum absolute atomic E-state index is 6.13. The van der Waals surface area contributed by atoms with Gasteiger partial charge in [0.2, 0.25) is 0 Å². The first kappa shape index (κ1) is 17.0. The second-order valence-electron chi connectivity index (χ2n) is 5.93. The van der Waals surface area contributed by atoms with Crippen LogP contribution in [0, 0.1) is 0 Å². The summed E-state index contributed by atoms with van der Waals surface area (Å²) in [7, 11) is 1.84. The summed E-state index contributed by atoms with van der Waals surface area (Å²) in [5, 5.41) is 3.54. The van der Waals surface area contributed by atoms with E-state index in [1.54, 1.807) is 0 Å². The van der Waals surface area contributed by atoms with Gasteiger partial charge >= 0.3 is 0 Å². The van der Waals surface area contributed by atoms with Crippen LogP contribution in [0.1, 0.15) is 18.4 Å². The van der Waals surface area contributed by atoms with Gasteiger partial charge in [-0.1, -0.05) is 41.9 Å². The highest BCUT2D eigenvalue weighted by atomic mass is 35.5. The van der Waals surface area contributed by atoms with Gasteiger partial charge in [-0.25, -0.2) is 9.97 Å². The molecule has 3 rings (SSSR count). The molecule has 128 valence electrons. The average molecular weight is 347 g/mol. The van der Waals surface area contributed by atoms with Crippen molar-refractivity contribution in [3.8, 4) is 0 Å². The van der Waals surface area contributed by atoms with Gasteiger partial charge < -0.3 is 15.0 Å². The minimum absolute atomic E-state index is 0.249. The minimum atomic E-state index is 0.249. The number of ether oxygens (including phenoxy) is 1. The first-order chi connectivity index (χ1) is 11.8. The van der Waals surface area contributed by atoms with Gasteiger partial charge in [0.15, 0.2) is 11.0 Å². The smallest absolute Gasteiger partial charge is 0.157 e. The first-order valence-electron chi connectivity index (χ1n) is 8.36. The lowest BCUT2D eigenvalue weighted by Crippen LogP contribution is -2.25. The Hall–Kier alpha value is -1.85. The number of aromatic nitrogens is 2. The molecule has 1 saturated heterocycles. The van der Waals surface area contributed by atoms with E-state index in [1.807, 2.05) is 13.1 Å². The summed E-state index contributed by atoms with van der Waals surface area (Å²) in [6.07, 6.45) is 4.87. The van der Waals surface area contributed by atoms with Crippen molar-refractivity contribution in [1.82, 2.24) is 9.97 Å². The summed E-state index contributed by atoms with van der Waals surface area (Å²) >= 11 is 6.13. The molecule has 0 saturated carbocycles.